The number of aromatic amines is 1. The summed E-state index contributed by atoms with van der Waals surface area (Å²) in [5.74, 6) is -4.68. The van der Waals surface area contributed by atoms with E-state index in [1.54, 1.807) is 61.6 Å². The Hall–Kier alpha value is -4.93. The number of pyridine rings is 1. The van der Waals surface area contributed by atoms with Gasteiger partial charge in [-0.05, 0) is 62.3 Å². The molecule has 16 nitrogen and oxygen atoms in total. The van der Waals surface area contributed by atoms with Gasteiger partial charge in [0.2, 0.25) is 23.3 Å². The summed E-state index contributed by atoms with van der Waals surface area (Å²) < 4.78 is 10.8. The van der Waals surface area contributed by atoms with E-state index in [1.807, 2.05) is 0 Å². The number of aromatic nitrogens is 2. The number of carbonyl (C=O) groups excluding carboxylic acids is 6. The molecule has 3 heterocycles. The number of H-pyrrole nitrogens is 1. The fourth-order valence-corrected chi connectivity index (χ4v) is 5.52. The summed E-state index contributed by atoms with van der Waals surface area (Å²) in [7, 11) is 0. The molecular formula is C36H50N6O10S. The van der Waals surface area contributed by atoms with Crippen molar-refractivity contribution in [1.82, 2.24) is 25.9 Å². The van der Waals surface area contributed by atoms with Gasteiger partial charge in [0.05, 0.1) is 24.9 Å². The molecule has 1 saturated heterocycles. The number of aryl methyl sites for hydroxylation is 1. The molecule has 0 bridgehead atoms. The average Bonchev–Trinajstić information content (AvgIpc) is 3.48. The third-order valence-corrected chi connectivity index (χ3v) is 8.51. The molecule has 0 spiro atoms. The van der Waals surface area contributed by atoms with Crippen molar-refractivity contribution >= 4 is 52.5 Å². The van der Waals surface area contributed by atoms with E-state index in [0.717, 1.165) is 11.3 Å². The lowest BCUT2D eigenvalue weighted by atomic mass is 9.84. The van der Waals surface area contributed by atoms with Crippen LogP contribution in [0.5, 0.6) is 0 Å². The SMILES string of the molecule is Cc1c[nH]c(CNC(=O)C[C@H](C)C(=O)NC[C@H]2NC(=O)[C@H]2CC(=O)/C(=N\OC(C)(C)C(=O)OC(C)(C)C)c2csc(CC(=O)OC(C)(C)C)n2)cc1=O. The van der Waals surface area contributed by atoms with Gasteiger partial charge in [-0.2, -0.15) is 0 Å². The maximum absolute atomic E-state index is 13.8. The number of ketones is 1. The van der Waals surface area contributed by atoms with E-state index in [1.165, 1.54) is 25.3 Å². The third kappa shape index (κ3) is 13.2. The van der Waals surface area contributed by atoms with Crippen LogP contribution in [0.3, 0.4) is 0 Å². The van der Waals surface area contributed by atoms with E-state index in [0.29, 0.717) is 16.3 Å². The van der Waals surface area contributed by atoms with Crippen LogP contribution in [0.25, 0.3) is 0 Å². The number of Topliss-reactive ketones (excluding diaryl/α,β-unsaturated/α-hetero) is 1. The van der Waals surface area contributed by atoms with Gasteiger partial charge in [-0.1, -0.05) is 12.1 Å². The lowest BCUT2D eigenvalue weighted by Gasteiger charge is -2.36. The molecule has 53 heavy (non-hydrogen) atoms. The highest BCUT2D eigenvalue weighted by Crippen LogP contribution is 2.24. The second-order valence-corrected chi connectivity index (χ2v) is 16.4. The summed E-state index contributed by atoms with van der Waals surface area (Å²) >= 11 is 1.10. The van der Waals surface area contributed by atoms with Crippen LogP contribution in [0.4, 0.5) is 0 Å². The molecule has 3 atom stereocenters. The quantitative estimate of drug-likeness (QED) is 0.0842. The smallest absolute Gasteiger partial charge is 0.353 e. The van der Waals surface area contributed by atoms with E-state index in [-0.39, 0.29) is 49.2 Å². The lowest BCUT2D eigenvalue weighted by Crippen LogP contribution is -2.63. The van der Waals surface area contributed by atoms with Crippen molar-refractivity contribution in [3.05, 3.63) is 49.8 Å². The lowest BCUT2D eigenvalue weighted by molar-refractivity contribution is -0.179. The standard InChI is InChI=1S/C36H50N6O10S/c1-19(11-27(45)38-16-21-12-25(43)20(2)15-37-21)31(47)39-17-23-22(32(48)41-23)13-26(44)30(42-52-36(9,10)33(49)51-35(6,7)8)24-18-53-28(40-24)14-29(46)50-34(3,4)5/h12,15,18-19,22-23H,11,13-14,16-17H2,1-10H3,(H,37,43)(H,38,45)(H,39,47)(H,41,48)/b42-30-/t19-,22-,23+/m0/s1. The number of thiazole rings is 1. The molecule has 290 valence electrons. The highest BCUT2D eigenvalue weighted by atomic mass is 32.1. The second kappa shape index (κ2) is 17.3. The molecule has 3 rings (SSSR count). The minimum Gasteiger partial charge on any atom is -0.460 e. The topological polar surface area (TPSA) is 224 Å². The molecule has 1 fully saturated rings. The largest absolute Gasteiger partial charge is 0.460 e. The van der Waals surface area contributed by atoms with Gasteiger partial charge < -0.3 is 35.2 Å². The van der Waals surface area contributed by atoms with Crippen molar-refractivity contribution in [3.8, 4) is 0 Å². The van der Waals surface area contributed by atoms with Crippen LogP contribution in [0.1, 0.15) is 97.1 Å². The number of amides is 3. The van der Waals surface area contributed by atoms with Gasteiger partial charge in [0, 0.05) is 54.2 Å². The normalized spacial score (nSPS) is 16.8. The molecular weight excluding hydrogens is 708 g/mol. The fourth-order valence-electron chi connectivity index (χ4n) is 4.75. The Labute approximate surface area is 312 Å². The van der Waals surface area contributed by atoms with Crippen molar-refractivity contribution in [2.75, 3.05) is 6.54 Å². The van der Waals surface area contributed by atoms with E-state index in [2.05, 4.69) is 31.1 Å². The summed E-state index contributed by atoms with van der Waals surface area (Å²) in [4.78, 5) is 102. The predicted molar refractivity (Wildman–Crippen MR) is 195 cm³/mol. The summed E-state index contributed by atoms with van der Waals surface area (Å²) in [5.41, 5.74) is -2.42. The molecule has 2 aromatic heterocycles. The second-order valence-electron chi connectivity index (χ2n) is 15.4. The van der Waals surface area contributed by atoms with Crippen LogP contribution < -0.4 is 21.4 Å². The number of nitrogens with one attached hydrogen (secondary N) is 4. The van der Waals surface area contributed by atoms with Crippen LogP contribution in [-0.4, -0.2) is 80.5 Å². The third-order valence-electron chi connectivity index (χ3n) is 7.66. The molecule has 1 aliphatic heterocycles. The zero-order valence-electron chi connectivity index (χ0n) is 31.9. The Morgan fingerprint density at radius 1 is 1.00 bits per heavy atom. The molecule has 0 radical (unpaired) electrons. The monoisotopic (exact) mass is 758 g/mol. The van der Waals surface area contributed by atoms with Gasteiger partial charge in [-0.25, -0.2) is 9.78 Å². The van der Waals surface area contributed by atoms with Crippen LogP contribution in [0, 0.1) is 18.8 Å². The molecule has 0 aliphatic carbocycles. The number of oxime groups is 1. The number of hydrogen-bond donors (Lipinski definition) is 4. The first-order valence-corrected chi connectivity index (χ1v) is 18.0. The number of carbonyl (C=O) groups is 6. The number of rotatable bonds is 16. The van der Waals surface area contributed by atoms with Gasteiger partial charge in [0.15, 0.2) is 16.9 Å². The van der Waals surface area contributed by atoms with E-state index in [4.69, 9.17) is 14.3 Å². The van der Waals surface area contributed by atoms with Gasteiger partial charge in [0.25, 0.3) is 0 Å². The molecule has 1 aliphatic rings. The van der Waals surface area contributed by atoms with Crippen molar-refractivity contribution in [1.29, 1.82) is 0 Å². The van der Waals surface area contributed by atoms with Crippen LogP contribution >= 0.6 is 11.3 Å². The van der Waals surface area contributed by atoms with Crippen LogP contribution in [-0.2, 0) is 56.0 Å². The minimum atomic E-state index is -1.61. The molecule has 4 N–H and O–H groups in total. The summed E-state index contributed by atoms with van der Waals surface area (Å²) in [5, 5.41) is 14.0. The molecule has 17 heteroatoms. The highest BCUT2D eigenvalue weighted by Gasteiger charge is 2.42. The highest BCUT2D eigenvalue weighted by molar-refractivity contribution is 7.10. The van der Waals surface area contributed by atoms with Crippen molar-refractivity contribution in [3.63, 3.8) is 0 Å². The van der Waals surface area contributed by atoms with Gasteiger partial charge in [-0.3, -0.25) is 28.8 Å². The Balaban J connectivity index is 1.67. The summed E-state index contributed by atoms with van der Waals surface area (Å²) in [6.45, 7) is 16.5. The molecule has 2 aromatic rings. The number of ether oxygens (including phenoxy) is 2. The number of hydrogen-bond acceptors (Lipinski definition) is 13. The van der Waals surface area contributed by atoms with Crippen molar-refractivity contribution in [2.45, 2.75) is 118 Å². The zero-order valence-corrected chi connectivity index (χ0v) is 32.7. The average molecular weight is 759 g/mol. The summed E-state index contributed by atoms with van der Waals surface area (Å²) in [6.07, 6.45) is 0.941. The number of nitrogens with zero attached hydrogens (tertiary/aromatic N) is 2. The molecule has 0 saturated carbocycles. The fraction of sp³-hybridized carbons (Fsp3) is 0.583. The zero-order chi connectivity index (χ0) is 39.9. The van der Waals surface area contributed by atoms with Crippen LogP contribution in [0.15, 0.2) is 27.6 Å². The van der Waals surface area contributed by atoms with E-state index in [9.17, 15) is 33.6 Å². The van der Waals surface area contributed by atoms with E-state index < -0.39 is 70.1 Å². The first-order valence-electron chi connectivity index (χ1n) is 17.2. The van der Waals surface area contributed by atoms with Crippen LogP contribution in [0.2, 0.25) is 0 Å². The predicted octanol–water partition coefficient (Wildman–Crippen LogP) is 2.40. The Bertz CT molecular complexity index is 1800. The van der Waals surface area contributed by atoms with Gasteiger partial charge in [0.1, 0.15) is 21.9 Å². The molecule has 0 aromatic carbocycles. The minimum absolute atomic E-state index is 0.00945. The first-order chi connectivity index (χ1) is 24.4. The molecule has 0 unspecified atom stereocenters. The Morgan fingerprint density at radius 3 is 2.26 bits per heavy atom. The molecule has 3 amide bonds. The van der Waals surface area contributed by atoms with Gasteiger partial charge in [-0.15, -0.1) is 11.3 Å². The number of esters is 2. The maximum Gasteiger partial charge on any atom is 0.353 e. The van der Waals surface area contributed by atoms with Crippen molar-refractivity contribution in [2.24, 2.45) is 17.0 Å². The van der Waals surface area contributed by atoms with Crippen molar-refractivity contribution < 1.29 is 43.1 Å². The first kappa shape index (κ1) is 42.5. The summed E-state index contributed by atoms with van der Waals surface area (Å²) in [6, 6.07) is 0.793. The Morgan fingerprint density at radius 2 is 1.66 bits per heavy atom. The van der Waals surface area contributed by atoms with Gasteiger partial charge >= 0.3 is 11.9 Å². The number of β-lactam (4-membered cyclic amide) rings is 1. The van der Waals surface area contributed by atoms with E-state index >= 15 is 0 Å². The Kier molecular flexibility index (Phi) is 13.8. The maximum atomic E-state index is 13.8.